The van der Waals surface area contributed by atoms with Crippen LogP contribution in [0.2, 0.25) is 0 Å². The number of nitrogens with one attached hydrogen (secondary N) is 1. The van der Waals surface area contributed by atoms with Crippen molar-refractivity contribution in [1.29, 1.82) is 0 Å². The van der Waals surface area contributed by atoms with Gasteiger partial charge in [0.05, 0.1) is 12.4 Å². The van der Waals surface area contributed by atoms with E-state index in [1.165, 1.54) is 0 Å². The molecule has 0 aromatic heterocycles. The average Bonchev–Trinajstić information content (AvgIpc) is 2.27. The van der Waals surface area contributed by atoms with Crippen LogP contribution in [0.1, 0.15) is 25.7 Å². The summed E-state index contributed by atoms with van der Waals surface area (Å²) in [5.41, 5.74) is 0. The lowest BCUT2D eigenvalue weighted by atomic mass is 10.0. The van der Waals surface area contributed by atoms with E-state index in [2.05, 4.69) is 5.32 Å². The molecule has 2 aliphatic heterocycles. The van der Waals surface area contributed by atoms with Crippen LogP contribution in [0.5, 0.6) is 0 Å². The summed E-state index contributed by atoms with van der Waals surface area (Å²) in [5.74, 6) is 0. The summed E-state index contributed by atoms with van der Waals surface area (Å²) in [7, 11) is -3.27. The zero-order valence-corrected chi connectivity index (χ0v) is 8.51. The average molecular weight is 205 g/mol. The molecular formula is C8H15NO3S. The summed E-state index contributed by atoms with van der Waals surface area (Å²) in [4.78, 5) is 0. The predicted octanol–water partition coefficient (Wildman–Crippen LogP) is 0.246. The first-order chi connectivity index (χ1) is 6.03. The Morgan fingerprint density at radius 1 is 1.23 bits per heavy atom. The van der Waals surface area contributed by atoms with Crippen molar-refractivity contribution >= 4 is 10.1 Å². The lowest BCUT2D eigenvalue weighted by molar-refractivity contribution is 0.145. The first-order valence-electron chi connectivity index (χ1n) is 4.67. The van der Waals surface area contributed by atoms with Gasteiger partial charge in [-0.05, 0) is 25.7 Å². The summed E-state index contributed by atoms with van der Waals surface area (Å²) >= 11 is 0. The first-order valence-corrected chi connectivity index (χ1v) is 6.49. The Balaban J connectivity index is 1.96. The second-order valence-corrected chi connectivity index (χ2v) is 5.63. The van der Waals surface area contributed by atoms with Crippen LogP contribution in [-0.4, -0.2) is 32.9 Å². The third-order valence-electron chi connectivity index (χ3n) is 2.74. The fraction of sp³-hybridized carbons (Fsp3) is 1.00. The Bertz CT molecular complexity index is 276. The molecule has 0 radical (unpaired) electrons. The van der Waals surface area contributed by atoms with E-state index in [1.54, 1.807) is 0 Å². The number of hydrogen-bond acceptors (Lipinski definition) is 4. The topological polar surface area (TPSA) is 55.4 Å². The molecule has 1 N–H and O–H groups in total. The Hall–Kier alpha value is -0.130. The highest BCUT2D eigenvalue weighted by atomic mass is 32.2. The summed E-state index contributed by atoms with van der Waals surface area (Å²) < 4.78 is 26.8. The summed E-state index contributed by atoms with van der Waals surface area (Å²) in [6.45, 7) is 0. The van der Waals surface area contributed by atoms with Crippen molar-refractivity contribution in [3.05, 3.63) is 0 Å². The minimum atomic E-state index is -3.27. The number of hydrogen-bond donors (Lipinski definition) is 1. The summed E-state index contributed by atoms with van der Waals surface area (Å²) in [5, 5.41) is 3.43. The highest BCUT2D eigenvalue weighted by molar-refractivity contribution is 7.86. The van der Waals surface area contributed by atoms with Gasteiger partial charge in [-0.25, -0.2) is 0 Å². The third kappa shape index (κ3) is 2.42. The molecule has 2 saturated heterocycles. The number of rotatable bonds is 2. The van der Waals surface area contributed by atoms with Gasteiger partial charge in [0.1, 0.15) is 0 Å². The van der Waals surface area contributed by atoms with Gasteiger partial charge in [0.2, 0.25) is 0 Å². The van der Waals surface area contributed by atoms with E-state index in [-0.39, 0.29) is 6.10 Å². The Morgan fingerprint density at radius 2 is 1.77 bits per heavy atom. The van der Waals surface area contributed by atoms with Gasteiger partial charge in [0, 0.05) is 12.1 Å². The maximum Gasteiger partial charge on any atom is 0.264 e. The molecule has 0 aromatic carbocycles. The Labute approximate surface area is 78.8 Å². The second kappa shape index (κ2) is 3.22. The van der Waals surface area contributed by atoms with Crippen LogP contribution >= 0.6 is 0 Å². The van der Waals surface area contributed by atoms with Gasteiger partial charge in [0.25, 0.3) is 10.1 Å². The first kappa shape index (κ1) is 9.43. The van der Waals surface area contributed by atoms with Crippen molar-refractivity contribution in [1.82, 2.24) is 5.32 Å². The van der Waals surface area contributed by atoms with Crippen LogP contribution in [0, 0.1) is 0 Å². The lowest BCUT2D eigenvalue weighted by Gasteiger charge is -2.27. The monoisotopic (exact) mass is 205 g/mol. The summed E-state index contributed by atoms with van der Waals surface area (Å²) in [6.07, 6.45) is 5.03. The highest BCUT2D eigenvalue weighted by Crippen LogP contribution is 2.28. The molecule has 4 nitrogen and oxygen atoms in total. The molecule has 0 saturated carbocycles. The van der Waals surface area contributed by atoms with E-state index in [0.717, 1.165) is 31.9 Å². The SMILES string of the molecule is CS(=O)(=O)O[C@H]1C[C@H]2CC[C@@H](C1)N2. The largest absolute Gasteiger partial charge is 0.311 e. The molecule has 2 bridgehead atoms. The molecule has 0 aliphatic carbocycles. The van der Waals surface area contributed by atoms with Gasteiger partial charge in [-0.1, -0.05) is 0 Å². The molecule has 2 fully saturated rings. The number of fused-ring (bicyclic) bond motifs is 2. The Kier molecular flexibility index (Phi) is 2.33. The van der Waals surface area contributed by atoms with Crippen molar-refractivity contribution in [3.8, 4) is 0 Å². The normalized spacial score (nSPS) is 39.3. The highest BCUT2D eigenvalue weighted by Gasteiger charge is 2.35. The maximum absolute atomic E-state index is 10.9. The molecule has 2 rings (SSSR count). The van der Waals surface area contributed by atoms with E-state index in [4.69, 9.17) is 4.18 Å². The smallest absolute Gasteiger partial charge is 0.264 e. The molecule has 76 valence electrons. The second-order valence-electron chi connectivity index (χ2n) is 4.03. The van der Waals surface area contributed by atoms with Gasteiger partial charge in [-0.3, -0.25) is 4.18 Å². The summed E-state index contributed by atoms with van der Waals surface area (Å²) in [6, 6.07) is 0.955. The zero-order chi connectivity index (χ0) is 9.47. The predicted molar refractivity (Wildman–Crippen MR) is 48.9 cm³/mol. The van der Waals surface area contributed by atoms with E-state index < -0.39 is 10.1 Å². The van der Waals surface area contributed by atoms with E-state index in [9.17, 15) is 8.42 Å². The van der Waals surface area contributed by atoms with Crippen LogP contribution in [0.4, 0.5) is 0 Å². The van der Waals surface area contributed by atoms with Crippen molar-refractivity contribution in [2.24, 2.45) is 0 Å². The molecule has 2 heterocycles. The zero-order valence-electron chi connectivity index (χ0n) is 7.69. The van der Waals surface area contributed by atoms with Crippen molar-refractivity contribution < 1.29 is 12.6 Å². The minimum absolute atomic E-state index is 0.0891. The molecular weight excluding hydrogens is 190 g/mol. The van der Waals surface area contributed by atoms with Crippen LogP contribution in [-0.2, 0) is 14.3 Å². The Morgan fingerprint density at radius 3 is 2.23 bits per heavy atom. The fourth-order valence-electron chi connectivity index (χ4n) is 2.33. The number of piperidine rings is 1. The molecule has 0 spiro atoms. The van der Waals surface area contributed by atoms with Crippen molar-refractivity contribution in [2.75, 3.05) is 6.26 Å². The molecule has 3 atom stereocenters. The van der Waals surface area contributed by atoms with Crippen LogP contribution in [0.15, 0.2) is 0 Å². The minimum Gasteiger partial charge on any atom is -0.311 e. The molecule has 0 unspecified atom stereocenters. The fourth-order valence-corrected chi connectivity index (χ4v) is 2.98. The van der Waals surface area contributed by atoms with Gasteiger partial charge >= 0.3 is 0 Å². The van der Waals surface area contributed by atoms with Crippen LogP contribution in [0.3, 0.4) is 0 Å². The van der Waals surface area contributed by atoms with Gasteiger partial charge < -0.3 is 5.32 Å². The van der Waals surface area contributed by atoms with E-state index >= 15 is 0 Å². The van der Waals surface area contributed by atoms with Crippen molar-refractivity contribution in [3.63, 3.8) is 0 Å². The third-order valence-corrected chi connectivity index (χ3v) is 3.36. The van der Waals surface area contributed by atoms with Crippen LogP contribution in [0.25, 0.3) is 0 Å². The van der Waals surface area contributed by atoms with Crippen molar-refractivity contribution in [2.45, 2.75) is 43.9 Å². The van der Waals surface area contributed by atoms with Gasteiger partial charge in [-0.15, -0.1) is 0 Å². The van der Waals surface area contributed by atoms with E-state index in [1.807, 2.05) is 0 Å². The molecule has 5 heteroatoms. The molecule has 0 aromatic rings. The molecule has 0 amide bonds. The van der Waals surface area contributed by atoms with Crippen LogP contribution < -0.4 is 5.32 Å². The quantitative estimate of drug-likeness (QED) is 0.656. The molecule has 2 aliphatic rings. The maximum atomic E-state index is 10.9. The molecule has 13 heavy (non-hydrogen) atoms. The van der Waals surface area contributed by atoms with E-state index in [0.29, 0.717) is 12.1 Å². The van der Waals surface area contributed by atoms with Gasteiger partial charge in [-0.2, -0.15) is 8.42 Å². The standard InChI is InChI=1S/C8H15NO3S/c1-13(10,11)12-8-4-6-2-3-7(5-8)9-6/h6-9H,2-5H2,1H3/t6-,7+,8+. The lowest BCUT2D eigenvalue weighted by Crippen LogP contribution is -2.41. The van der Waals surface area contributed by atoms with Gasteiger partial charge in [0.15, 0.2) is 0 Å².